The van der Waals surface area contributed by atoms with E-state index in [-0.39, 0.29) is 35.2 Å². The Kier molecular flexibility index (Phi) is 6.07. The Bertz CT molecular complexity index is 1180. The number of benzene rings is 2. The van der Waals surface area contributed by atoms with Crippen LogP contribution in [0, 0.1) is 20.8 Å². The zero-order chi connectivity index (χ0) is 22.3. The first kappa shape index (κ1) is 22.2. The molecule has 2 aromatic rings. The number of anilines is 2. The Labute approximate surface area is 192 Å². The largest absolute Gasteiger partial charge is 0.325 e. The van der Waals surface area contributed by atoms with E-state index in [0.717, 1.165) is 22.4 Å². The lowest BCUT2D eigenvalue weighted by atomic mass is 10.1. The molecule has 9 heteroatoms. The molecule has 0 aliphatic carbocycles. The van der Waals surface area contributed by atoms with Crippen molar-refractivity contribution < 1.29 is 13.2 Å². The van der Waals surface area contributed by atoms with Crippen molar-refractivity contribution in [2.75, 3.05) is 27.5 Å². The van der Waals surface area contributed by atoms with Crippen LogP contribution in [-0.2, 0) is 14.6 Å². The second-order valence-corrected chi connectivity index (χ2v) is 11.5. The van der Waals surface area contributed by atoms with Crippen LogP contribution in [-0.4, -0.2) is 48.8 Å². The van der Waals surface area contributed by atoms with E-state index in [1.807, 2.05) is 49.9 Å². The van der Waals surface area contributed by atoms with Crippen LogP contribution in [0.4, 0.5) is 11.4 Å². The minimum atomic E-state index is -3.12. The lowest BCUT2D eigenvalue weighted by Gasteiger charge is -2.28. The van der Waals surface area contributed by atoms with Crippen LogP contribution < -0.4 is 10.2 Å². The molecule has 31 heavy (non-hydrogen) atoms. The second-order valence-electron chi connectivity index (χ2n) is 8.03. The lowest BCUT2D eigenvalue weighted by molar-refractivity contribution is -0.113. The van der Waals surface area contributed by atoms with Gasteiger partial charge in [0, 0.05) is 16.4 Å². The van der Waals surface area contributed by atoms with Gasteiger partial charge in [-0.15, -0.1) is 0 Å². The quantitative estimate of drug-likeness (QED) is 0.720. The van der Waals surface area contributed by atoms with E-state index in [4.69, 9.17) is 16.6 Å². The molecule has 1 amide bonds. The highest BCUT2D eigenvalue weighted by Crippen LogP contribution is 2.37. The van der Waals surface area contributed by atoms with E-state index in [1.165, 1.54) is 11.8 Å². The highest BCUT2D eigenvalue weighted by Gasteiger charge is 2.47. The van der Waals surface area contributed by atoms with Gasteiger partial charge in [-0.25, -0.2) is 8.42 Å². The summed E-state index contributed by atoms with van der Waals surface area (Å²) in [5.74, 6) is 0.130. The predicted octanol–water partition coefficient (Wildman–Crippen LogP) is 3.98. The average Bonchev–Trinajstić information content (AvgIpc) is 3.17. The molecule has 2 aliphatic heterocycles. The molecule has 0 saturated carbocycles. The van der Waals surface area contributed by atoms with Gasteiger partial charge in [0.2, 0.25) is 5.91 Å². The third-order valence-corrected chi connectivity index (χ3v) is 8.68. The predicted molar refractivity (Wildman–Crippen MR) is 129 cm³/mol. The summed E-state index contributed by atoms with van der Waals surface area (Å²) in [5, 5.41) is 4.19. The first-order chi connectivity index (χ1) is 14.6. The molecular weight excluding hydrogens is 454 g/mol. The van der Waals surface area contributed by atoms with Crippen molar-refractivity contribution in [2.24, 2.45) is 4.99 Å². The molecule has 2 atom stereocenters. The summed E-state index contributed by atoms with van der Waals surface area (Å²) in [6.45, 7) is 5.87. The molecule has 0 unspecified atom stereocenters. The van der Waals surface area contributed by atoms with Crippen LogP contribution in [0.3, 0.4) is 0 Å². The number of halogens is 1. The van der Waals surface area contributed by atoms with Gasteiger partial charge in [-0.1, -0.05) is 41.6 Å². The SMILES string of the molecule is Cc1ccc(C)c(N2C(SCC(=O)Nc3cccc(Cl)c3C)=N[C@H]3CS(=O)(=O)C[C@H]32)c1. The van der Waals surface area contributed by atoms with E-state index >= 15 is 0 Å². The van der Waals surface area contributed by atoms with Gasteiger partial charge in [-0.3, -0.25) is 9.79 Å². The van der Waals surface area contributed by atoms with Gasteiger partial charge in [0.05, 0.1) is 29.3 Å². The number of sulfone groups is 1. The van der Waals surface area contributed by atoms with Crippen LogP contribution in [0.5, 0.6) is 0 Å². The standard InChI is InChI=1S/C22H24ClN3O3S2/c1-13-7-8-14(2)19(9-13)26-20-12-31(28,29)11-18(20)25-22(26)30-10-21(27)24-17-6-4-5-16(23)15(17)3/h4-9,18,20H,10-12H2,1-3H3,(H,24,27)/t18-,20+/m0/s1. The topological polar surface area (TPSA) is 78.8 Å². The zero-order valence-corrected chi connectivity index (χ0v) is 19.9. The minimum absolute atomic E-state index is 0.0526. The first-order valence-corrected chi connectivity index (χ1v) is 13.2. The van der Waals surface area contributed by atoms with Crippen molar-refractivity contribution in [2.45, 2.75) is 32.9 Å². The molecular formula is C22H24ClN3O3S2. The van der Waals surface area contributed by atoms with E-state index in [2.05, 4.69) is 5.32 Å². The number of rotatable bonds is 4. The van der Waals surface area contributed by atoms with Crippen LogP contribution >= 0.6 is 23.4 Å². The maximum absolute atomic E-state index is 12.6. The third-order valence-electron chi connectivity index (χ3n) is 5.61. The fourth-order valence-corrected chi connectivity index (χ4v) is 6.89. The van der Waals surface area contributed by atoms with Gasteiger partial charge in [0.15, 0.2) is 15.0 Å². The van der Waals surface area contributed by atoms with Crippen molar-refractivity contribution in [1.29, 1.82) is 0 Å². The first-order valence-electron chi connectivity index (χ1n) is 9.97. The van der Waals surface area contributed by atoms with E-state index in [1.54, 1.807) is 12.1 Å². The number of carbonyl (C=O) groups excluding carboxylic acids is 1. The Morgan fingerprint density at radius 1 is 1.23 bits per heavy atom. The minimum Gasteiger partial charge on any atom is -0.325 e. The van der Waals surface area contributed by atoms with Gasteiger partial charge < -0.3 is 10.2 Å². The van der Waals surface area contributed by atoms with Gasteiger partial charge in [-0.2, -0.15) is 0 Å². The average molecular weight is 478 g/mol. The van der Waals surface area contributed by atoms with Crippen molar-refractivity contribution in [3.8, 4) is 0 Å². The zero-order valence-electron chi connectivity index (χ0n) is 17.6. The number of carbonyl (C=O) groups is 1. The Balaban J connectivity index is 1.55. The summed E-state index contributed by atoms with van der Waals surface area (Å²) in [4.78, 5) is 19.3. The second kappa shape index (κ2) is 8.48. The van der Waals surface area contributed by atoms with Crippen molar-refractivity contribution >= 4 is 55.6 Å². The summed E-state index contributed by atoms with van der Waals surface area (Å²) in [6.07, 6.45) is 0. The summed E-state index contributed by atoms with van der Waals surface area (Å²) in [7, 11) is -3.12. The number of fused-ring (bicyclic) bond motifs is 1. The van der Waals surface area contributed by atoms with Crippen LogP contribution in [0.25, 0.3) is 0 Å². The number of thioether (sulfide) groups is 1. The maximum atomic E-state index is 12.6. The molecule has 6 nitrogen and oxygen atoms in total. The fraction of sp³-hybridized carbons (Fsp3) is 0.364. The molecule has 1 fully saturated rings. The van der Waals surface area contributed by atoms with Crippen molar-refractivity contribution in [3.63, 3.8) is 0 Å². The third kappa shape index (κ3) is 4.61. The smallest absolute Gasteiger partial charge is 0.234 e. The Hall–Kier alpha value is -2.03. The molecule has 2 aliphatic rings. The summed E-state index contributed by atoms with van der Waals surface area (Å²) in [6, 6.07) is 11.0. The Morgan fingerprint density at radius 3 is 2.77 bits per heavy atom. The van der Waals surface area contributed by atoms with Gasteiger partial charge in [-0.05, 0) is 55.7 Å². The molecule has 2 aromatic carbocycles. The molecule has 0 bridgehead atoms. The number of nitrogens with zero attached hydrogens (tertiary/aromatic N) is 2. The highest BCUT2D eigenvalue weighted by molar-refractivity contribution is 8.14. The molecule has 4 rings (SSSR count). The normalized spacial score (nSPS) is 21.7. The molecule has 2 heterocycles. The van der Waals surface area contributed by atoms with Crippen LogP contribution in [0.2, 0.25) is 5.02 Å². The number of aliphatic imine (C=N–C) groups is 1. The molecule has 1 saturated heterocycles. The number of hydrogen-bond donors (Lipinski definition) is 1. The van der Waals surface area contributed by atoms with Crippen molar-refractivity contribution in [1.82, 2.24) is 0 Å². The highest BCUT2D eigenvalue weighted by atomic mass is 35.5. The van der Waals surface area contributed by atoms with E-state index in [9.17, 15) is 13.2 Å². The summed E-state index contributed by atoms with van der Waals surface area (Å²) >= 11 is 7.47. The van der Waals surface area contributed by atoms with Gasteiger partial charge in [0.25, 0.3) is 0 Å². The van der Waals surface area contributed by atoms with Gasteiger partial charge >= 0.3 is 0 Å². The summed E-state index contributed by atoms with van der Waals surface area (Å²) in [5.41, 5.74) is 4.58. The van der Waals surface area contributed by atoms with Crippen LogP contribution in [0.15, 0.2) is 41.4 Å². The van der Waals surface area contributed by atoms with Gasteiger partial charge in [0.1, 0.15) is 0 Å². The molecule has 1 N–H and O–H groups in total. The summed E-state index contributed by atoms with van der Waals surface area (Å²) < 4.78 is 24.5. The number of nitrogens with one attached hydrogen (secondary N) is 1. The van der Waals surface area contributed by atoms with Crippen LogP contribution in [0.1, 0.15) is 16.7 Å². The molecule has 0 spiro atoms. The molecule has 164 valence electrons. The Morgan fingerprint density at radius 2 is 2.00 bits per heavy atom. The number of amidine groups is 1. The lowest BCUT2D eigenvalue weighted by Crippen LogP contribution is -2.40. The maximum Gasteiger partial charge on any atom is 0.234 e. The monoisotopic (exact) mass is 477 g/mol. The number of amides is 1. The van der Waals surface area contributed by atoms with Crippen molar-refractivity contribution in [3.05, 3.63) is 58.1 Å². The molecule has 0 radical (unpaired) electrons. The number of hydrogen-bond acceptors (Lipinski definition) is 6. The van der Waals surface area contributed by atoms with E-state index in [0.29, 0.717) is 15.9 Å². The fourth-order valence-electron chi connectivity index (χ4n) is 3.95. The number of aryl methyl sites for hydroxylation is 2. The molecule has 0 aromatic heterocycles. The van der Waals surface area contributed by atoms with E-state index < -0.39 is 9.84 Å².